The van der Waals surface area contributed by atoms with Gasteiger partial charge in [-0.2, -0.15) is 0 Å². The van der Waals surface area contributed by atoms with Gasteiger partial charge in [-0.25, -0.2) is 0 Å². The summed E-state index contributed by atoms with van der Waals surface area (Å²) in [6.45, 7) is 4.94. The minimum absolute atomic E-state index is 0.0144. The van der Waals surface area contributed by atoms with Gasteiger partial charge >= 0.3 is 5.97 Å². The second-order valence-corrected chi connectivity index (χ2v) is 22.5. The minimum Gasteiger partial charge on any atom is -0.466 e. The number of hydrogen-bond donors (Lipinski definition) is 3. The molecule has 3 N–H and O–H groups in total. The first-order valence-electron chi connectivity index (χ1n) is 32.6. The summed E-state index contributed by atoms with van der Waals surface area (Å²) in [6.07, 6.45) is 76.2. The van der Waals surface area contributed by atoms with E-state index < -0.39 is 12.1 Å². The Bertz CT molecular complexity index is 1120. The van der Waals surface area contributed by atoms with Crippen LogP contribution in [-0.4, -0.2) is 47.4 Å². The van der Waals surface area contributed by atoms with E-state index in [4.69, 9.17) is 4.74 Å². The minimum atomic E-state index is -0.674. The average molecular weight is 1010 g/mol. The molecular weight excluding hydrogens is 887 g/mol. The molecule has 0 rings (SSSR count). The van der Waals surface area contributed by atoms with Crippen molar-refractivity contribution in [3.8, 4) is 0 Å². The van der Waals surface area contributed by atoms with Gasteiger partial charge in [0, 0.05) is 12.8 Å². The average Bonchev–Trinajstić information content (AvgIpc) is 3.38. The number of unbranched alkanes of at least 4 members (excludes halogenated alkanes) is 46. The van der Waals surface area contributed by atoms with Crippen molar-refractivity contribution in [2.75, 3.05) is 13.2 Å². The highest BCUT2D eigenvalue weighted by molar-refractivity contribution is 5.76. The van der Waals surface area contributed by atoms with Gasteiger partial charge in [-0.05, 0) is 57.8 Å². The lowest BCUT2D eigenvalue weighted by Crippen LogP contribution is -2.45. The first kappa shape index (κ1) is 70.3. The highest BCUT2D eigenvalue weighted by Gasteiger charge is 2.20. The van der Waals surface area contributed by atoms with E-state index in [9.17, 15) is 19.8 Å². The zero-order valence-electron chi connectivity index (χ0n) is 48.7. The van der Waals surface area contributed by atoms with Crippen LogP contribution in [0.1, 0.15) is 361 Å². The highest BCUT2D eigenvalue weighted by atomic mass is 16.5. The van der Waals surface area contributed by atoms with Gasteiger partial charge in [0.15, 0.2) is 0 Å². The second kappa shape index (κ2) is 61.9. The van der Waals surface area contributed by atoms with Gasteiger partial charge in [-0.1, -0.05) is 314 Å². The van der Waals surface area contributed by atoms with Crippen molar-refractivity contribution >= 4 is 11.9 Å². The quantitative estimate of drug-likeness (QED) is 0.0320. The molecule has 0 bridgehead atoms. The van der Waals surface area contributed by atoms with Crippen molar-refractivity contribution in [3.63, 3.8) is 0 Å². The van der Waals surface area contributed by atoms with Gasteiger partial charge in [0.25, 0.3) is 0 Å². The first-order valence-corrected chi connectivity index (χ1v) is 32.6. The summed E-state index contributed by atoms with van der Waals surface area (Å²) in [5, 5.41) is 23.4. The van der Waals surface area contributed by atoms with Crippen molar-refractivity contribution in [3.05, 3.63) is 24.3 Å². The van der Waals surface area contributed by atoms with Crippen molar-refractivity contribution in [1.29, 1.82) is 0 Å². The van der Waals surface area contributed by atoms with Gasteiger partial charge in [-0.15, -0.1) is 0 Å². The Morgan fingerprint density at radius 2 is 0.694 bits per heavy atom. The summed E-state index contributed by atoms with van der Waals surface area (Å²) in [7, 11) is 0. The molecule has 0 aromatic heterocycles. The van der Waals surface area contributed by atoms with Gasteiger partial charge in [0.2, 0.25) is 5.91 Å². The molecule has 0 aromatic rings. The molecule has 0 fully saturated rings. The Balaban J connectivity index is 3.43. The lowest BCUT2D eigenvalue weighted by Gasteiger charge is -2.22. The molecule has 0 saturated heterocycles. The molecule has 1 amide bonds. The number of rotatable bonds is 61. The number of allylic oxidation sites excluding steroid dienone is 4. The van der Waals surface area contributed by atoms with E-state index in [-0.39, 0.29) is 18.5 Å². The van der Waals surface area contributed by atoms with Crippen molar-refractivity contribution in [2.45, 2.75) is 373 Å². The van der Waals surface area contributed by atoms with Gasteiger partial charge < -0.3 is 20.3 Å². The normalized spacial score (nSPS) is 12.7. The highest BCUT2D eigenvalue weighted by Crippen LogP contribution is 2.18. The predicted molar refractivity (Wildman–Crippen MR) is 315 cm³/mol. The lowest BCUT2D eigenvalue weighted by atomic mass is 10.0. The van der Waals surface area contributed by atoms with Crippen LogP contribution in [0.15, 0.2) is 24.3 Å². The van der Waals surface area contributed by atoms with Crippen LogP contribution in [0.4, 0.5) is 0 Å². The summed E-state index contributed by atoms with van der Waals surface area (Å²) >= 11 is 0. The van der Waals surface area contributed by atoms with Gasteiger partial charge in [-0.3, -0.25) is 9.59 Å². The fourth-order valence-electron chi connectivity index (χ4n) is 10.3. The van der Waals surface area contributed by atoms with E-state index in [1.165, 1.54) is 270 Å². The zero-order valence-corrected chi connectivity index (χ0v) is 48.7. The SMILES string of the molecule is CCCCCC/C=C\C/C=C\CCCCCCCC(=O)OCCCCCCCCCCCCCCCCC(=O)NC(CO)C(O)CCCCCCCCCCCCCCCCCCCCCCCCCCC. The molecule has 0 aliphatic carbocycles. The summed E-state index contributed by atoms with van der Waals surface area (Å²) in [5.41, 5.74) is 0. The number of aliphatic hydroxyl groups is 2. The van der Waals surface area contributed by atoms with Gasteiger partial charge in [0.05, 0.1) is 25.4 Å². The van der Waals surface area contributed by atoms with E-state index in [1.54, 1.807) is 0 Å². The number of esters is 1. The maximum atomic E-state index is 12.5. The molecule has 0 heterocycles. The third-order valence-electron chi connectivity index (χ3n) is 15.3. The Morgan fingerprint density at radius 1 is 0.389 bits per heavy atom. The molecule has 426 valence electrons. The maximum absolute atomic E-state index is 12.5. The van der Waals surface area contributed by atoms with E-state index in [0.717, 1.165) is 57.8 Å². The summed E-state index contributed by atoms with van der Waals surface area (Å²) in [4.78, 5) is 24.6. The molecule has 6 nitrogen and oxygen atoms in total. The first-order chi connectivity index (χ1) is 35.5. The molecule has 2 unspecified atom stereocenters. The van der Waals surface area contributed by atoms with Crippen LogP contribution in [0.5, 0.6) is 0 Å². The molecule has 0 radical (unpaired) electrons. The molecule has 6 heteroatoms. The Labute approximate surface area is 450 Å². The van der Waals surface area contributed by atoms with Crippen LogP contribution in [0, 0.1) is 0 Å². The number of amides is 1. The molecule has 0 aliphatic rings. The number of nitrogens with one attached hydrogen (secondary N) is 1. The van der Waals surface area contributed by atoms with Crippen LogP contribution in [0.3, 0.4) is 0 Å². The van der Waals surface area contributed by atoms with E-state index in [0.29, 0.717) is 25.9 Å². The van der Waals surface area contributed by atoms with E-state index >= 15 is 0 Å². The fraction of sp³-hybridized carbons (Fsp3) is 0.909. The summed E-state index contributed by atoms with van der Waals surface area (Å²) in [5.74, 6) is -0.0564. The van der Waals surface area contributed by atoms with E-state index in [2.05, 4.69) is 43.5 Å². The third kappa shape index (κ3) is 57.6. The number of aliphatic hydroxyl groups excluding tert-OH is 2. The largest absolute Gasteiger partial charge is 0.466 e. The molecule has 0 spiro atoms. The topological polar surface area (TPSA) is 95.9 Å². The van der Waals surface area contributed by atoms with E-state index in [1.807, 2.05) is 0 Å². The van der Waals surface area contributed by atoms with Crippen LogP contribution in [-0.2, 0) is 14.3 Å². The van der Waals surface area contributed by atoms with Crippen LogP contribution in [0.25, 0.3) is 0 Å². The number of carbonyl (C=O) groups is 2. The molecule has 2 atom stereocenters. The number of hydrogen-bond acceptors (Lipinski definition) is 5. The zero-order chi connectivity index (χ0) is 52.2. The van der Waals surface area contributed by atoms with Crippen molar-refractivity contribution in [1.82, 2.24) is 5.32 Å². The molecule has 0 saturated carbocycles. The van der Waals surface area contributed by atoms with Crippen molar-refractivity contribution < 1.29 is 24.5 Å². The Morgan fingerprint density at radius 3 is 1.07 bits per heavy atom. The summed E-state index contributed by atoms with van der Waals surface area (Å²) < 4.78 is 5.48. The summed E-state index contributed by atoms with van der Waals surface area (Å²) in [6, 6.07) is -0.552. The molecule has 0 aromatic carbocycles. The Kier molecular flexibility index (Phi) is 60.5. The third-order valence-corrected chi connectivity index (χ3v) is 15.3. The number of carbonyl (C=O) groups excluding carboxylic acids is 2. The second-order valence-electron chi connectivity index (χ2n) is 22.5. The molecular formula is C66H127NO5. The van der Waals surface area contributed by atoms with Gasteiger partial charge in [0.1, 0.15) is 0 Å². The monoisotopic (exact) mass is 1010 g/mol. The van der Waals surface area contributed by atoms with Crippen molar-refractivity contribution in [2.24, 2.45) is 0 Å². The standard InChI is InChI=1S/C66H127NO5/c1-3-5-7-9-11-13-15-17-19-21-22-23-24-25-26-27-28-29-30-34-38-42-46-50-54-58-64(69)63(62-68)67-65(70)59-55-51-47-43-39-35-32-33-37-41-45-49-53-57-61-72-66(71)60-56-52-48-44-40-36-31-20-18-16-14-12-10-8-6-4-2/h14,16,20,31,63-64,68-69H,3-13,15,17-19,21-30,32-62H2,1-2H3,(H,67,70)/b16-14-,31-20-. The van der Waals surface area contributed by atoms with Crippen LogP contribution < -0.4 is 5.32 Å². The fourth-order valence-corrected chi connectivity index (χ4v) is 10.3. The van der Waals surface area contributed by atoms with Crippen LogP contribution >= 0.6 is 0 Å². The molecule has 0 aliphatic heterocycles. The molecule has 72 heavy (non-hydrogen) atoms. The predicted octanol–water partition coefficient (Wildman–Crippen LogP) is 20.6. The lowest BCUT2D eigenvalue weighted by molar-refractivity contribution is -0.143. The smallest absolute Gasteiger partial charge is 0.305 e. The Hall–Kier alpha value is -1.66. The number of ether oxygens (including phenoxy) is 1. The van der Waals surface area contributed by atoms with Crippen LogP contribution in [0.2, 0.25) is 0 Å². The maximum Gasteiger partial charge on any atom is 0.305 e.